The predicted octanol–water partition coefficient (Wildman–Crippen LogP) is -0.358. The van der Waals surface area contributed by atoms with Gasteiger partial charge in [-0.3, -0.25) is 0 Å². The smallest absolute Gasteiger partial charge is 0.206 e. The fourth-order valence-electron chi connectivity index (χ4n) is 0.402. The van der Waals surface area contributed by atoms with Crippen LogP contribution in [0.1, 0.15) is 0 Å². The highest BCUT2D eigenvalue weighted by Gasteiger charge is 1.89. The SMILES string of the molecule is [O-][N+]1=CC=CCN1. The van der Waals surface area contributed by atoms with Crippen LogP contribution in [-0.2, 0) is 0 Å². The molecule has 0 aliphatic carbocycles. The molecule has 1 aliphatic rings. The first-order valence-electron chi connectivity index (χ1n) is 2.09. The summed E-state index contributed by atoms with van der Waals surface area (Å²) in [7, 11) is 0. The third-order valence-corrected chi connectivity index (χ3v) is 0.723. The number of hydrazine groups is 1. The molecule has 0 saturated carbocycles. The van der Waals surface area contributed by atoms with Crippen LogP contribution in [0.5, 0.6) is 0 Å². The second kappa shape index (κ2) is 1.64. The molecule has 0 radical (unpaired) electrons. The Morgan fingerprint density at radius 1 is 1.71 bits per heavy atom. The topological polar surface area (TPSA) is 38.1 Å². The normalized spacial score (nSPS) is 18.0. The van der Waals surface area contributed by atoms with Gasteiger partial charge in [0.15, 0.2) is 0 Å². The van der Waals surface area contributed by atoms with E-state index in [0.29, 0.717) is 11.4 Å². The van der Waals surface area contributed by atoms with Gasteiger partial charge in [-0.1, -0.05) is 10.9 Å². The van der Waals surface area contributed by atoms with Crippen LogP contribution in [-0.4, -0.2) is 17.6 Å². The van der Waals surface area contributed by atoms with Gasteiger partial charge in [-0.15, -0.1) is 0 Å². The molecule has 0 bridgehead atoms. The van der Waals surface area contributed by atoms with Crippen molar-refractivity contribution in [2.45, 2.75) is 0 Å². The molecule has 0 aromatic carbocycles. The molecular weight excluding hydrogens is 92.1 g/mol. The molecular formula is C4H6N2O. The Bertz CT molecular complexity index is 117. The Balaban J connectivity index is 2.57. The fourth-order valence-corrected chi connectivity index (χ4v) is 0.402. The second-order valence-electron chi connectivity index (χ2n) is 1.27. The summed E-state index contributed by atoms with van der Waals surface area (Å²) >= 11 is 0. The molecule has 0 unspecified atom stereocenters. The molecule has 0 fully saturated rings. The Labute approximate surface area is 41.5 Å². The Hall–Kier alpha value is -0.990. The highest BCUT2D eigenvalue weighted by molar-refractivity contribution is 5.66. The Morgan fingerprint density at radius 2 is 2.57 bits per heavy atom. The minimum absolute atomic E-state index is 0.639. The van der Waals surface area contributed by atoms with E-state index in [2.05, 4.69) is 5.43 Å². The molecule has 1 rings (SSSR count). The zero-order chi connectivity index (χ0) is 5.11. The standard InChI is InChI=1S/C4H6N2O/c7-6-4-2-1-3-5-6/h1-2,4-5H,3H2. The van der Waals surface area contributed by atoms with Crippen molar-refractivity contribution < 1.29 is 4.85 Å². The molecule has 3 nitrogen and oxygen atoms in total. The van der Waals surface area contributed by atoms with E-state index >= 15 is 0 Å². The zero-order valence-corrected chi connectivity index (χ0v) is 3.79. The first-order valence-corrected chi connectivity index (χ1v) is 2.09. The number of allylic oxidation sites excluding steroid dienone is 1. The summed E-state index contributed by atoms with van der Waals surface area (Å²) in [6, 6.07) is 0. The largest absolute Gasteiger partial charge is 0.596 e. The fraction of sp³-hybridized carbons (Fsp3) is 0.250. The number of hydrogen-bond acceptors (Lipinski definition) is 2. The van der Waals surface area contributed by atoms with E-state index in [-0.39, 0.29) is 0 Å². The van der Waals surface area contributed by atoms with Crippen molar-refractivity contribution in [1.82, 2.24) is 5.43 Å². The Kier molecular flexibility index (Phi) is 0.978. The van der Waals surface area contributed by atoms with E-state index < -0.39 is 0 Å². The lowest BCUT2D eigenvalue weighted by atomic mass is 10.5. The molecule has 0 aromatic rings. The van der Waals surface area contributed by atoms with Gasteiger partial charge in [-0.05, 0) is 0 Å². The van der Waals surface area contributed by atoms with Crippen LogP contribution in [0.25, 0.3) is 0 Å². The van der Waals surface area contributed by atoms with Gasteiger partial charge in [0.1, 0.15) is 0 Å². The van der Waals surface area contributed by atoms with Gasteiger partial charge in [0, 0.05) is 6.08 Å². The average Bonchev–Trinajstić information content (AvgIpc) is 1.69. The monoisotopic (exact) mass is 98.0 g/mol. The molecule has 1 aliphatic heterocycles. The molecule has 1 heterocycles. The van der Waals surface area contributed by atoms with Crippen LogP contribution in [0, 0.1) is 5.21 Å². The molecule has 0 aromatic heterocycles. The molecule has 0 amide bonds. The van der Waals surface area contributed by atoms with E-state index in [9.17, 15) is 5.21 Å². The third-order valence-electron chi connectivity index (χ3n) is 0.723. The van der Waals surface area contributed by atoms with Crippen LogP contribution in [0.2, 0.25) is 0 Å². The van der Waals surface area contributed by atoms with Crippen LogP contribution >= 0.6 is 0 Å². The van der Waals surface area contributed by atoms with Crippen LogP contribution < -0.4 is 5.43 Å². The predicted molar refractivity (Wildman–Crippen MR) is 26.8 cm³/mol. The number of hydrazone groups is 1. The molecule has 1 N–H and O–H groups in total. The average molecular weight is 98.1 g/mol. The molecule has 3 heteroatoms. The number of nitrogens with zero attached hydrogens (tertiary/aromatic N) is 1. The van der Waals surface area contributed by atoms with Crippen molar-refractivity contribution in [1.29, 1.82) is 0 Å². The van der Waals surface area contributed by atoms with Crippen LogP contribution in [0.3, 0.4) is 0 Å². The minimum Gasteiger partial charge on any atom is -0.596 e. The summed E-state index contributed by atoms with van der Waals surface area (Å²) in [4.78, 5) is 0.681. The third kappa shape index (κ3) is 0.924. The van der Waals surface area contributed by atoms with Crippen molar-refractivity contribution in [2.24, 2.45) is 0 Å². The summed E-state index contributed by atoms with van der Waals surface area (Å²) < 4.78 is 0. The van der Waals surface area contributed by atoms with E-state index in [1.807, 2.05) is 6.08 Å². The van der Waals surface area contributed by atoms with E-state index in [0.717, 1.165) is 0 Å². The van der Waals surface area contributed by atoms with Gasteiger partial charge >= 0.3 is 0 Å². The number of hydrogen-bond donors (Lipinski definition) is 1. The molecule has 7 heavy (non-hydrogen) atoms. The number of rotatable bonds is 0. The summed E-state index contributed by atoms with van der Waals surface area (Å²) in [5.74, 6) is 0. The lowest BCUT2D eigenvalue weighted by molar-refractivity contribution is -0.517. The minimum atomic E-state index is 0.639. The van der Waals surface area contributed by atoms with Gasteiger partial charge in [0.2, 0.25) is 6.21 Å². The summed E-state index contributed by atoms with van der Waals surface area (Å²) in [5.41, 5.74) is 2.52. The lowest BCUT2D eigenvalue weighted by Gasteiger charge is -2.03. The maximum absolute atomic E-state index is 10.2. The van der Waals surface area contributed by atoms with Gasteiger partial charge < -0.3 is 5.21 Å². The molecule has 38 valence electrons. The van der Waals surface area contributed by atoms with Crippen LogP contribution in [0.15, 0.2) is 12.2 Å². The van der Waals surface area contributed by atoms with Crippen molar-refractivity contribution in [3.8, 4) is 0 Å². The van der Waals surface area contributed by atoms with E-state index in [1.165, 1.54) is 6.21 Å². The first-order chi connectivity index (χ1) is 3.39. The maximum atomic E-state index is 10.2. The molecule has 0 saturated heterocycles. The van der Waals surface area contributed by atoms with E-state index in [4.69, 9.17) is 0 Å². The molecule has 0 atom stereocenters. The second-order valence-corrected chi connectivity index (χ2v) is 1.27. The van der Waals surface area contributed by atoms with E-state index in [1.54, 1.807) is 6.08 Å². The summed E-state index contributed by atoms with van der Waals surface area (Å²) in [6.07, 6.45) is 5.00. The quantitative estimate of drug-likeness (QED) is 0.332. The van der Waals surface area contributed by atoms with Gasteiger partial charge in [-0.25, -0.2) is 0 Å². The summed E-state index contributed by atoms with van der Waals surface area (Å²) in [6.45, 7) is 0.639. The lowest BCUT2D eigenvalue weighted by Crippen LogP contribution is -2.26. The van der Waals surface area contributed by atoms with Gasteiger partial charge in [0.05, 0.1) is 6.54 Å². The highest BCUT2D eigenvalue weighted by atomic mass is 16.5. The maximum Gasteiger partial charge on any atom is 0.206 e. The van der Waals surface area contributed by atoms with Crippen LogP contribution in [0.4, 0.5) is 0 Å². The zero-order valence-electron chi connectivity index (χ0n) is 3.79. The van der Waals surface area contributed by atoms with Crippen molar-refractivity contribution in [3.05, 3.63) is 17.4 Å². The number of nitrogens with one attached hydrogen (secondary N) is 1. The van der Waals surface area contributed by atoms with Gasteiger partial charge in [0.25, 0.3) is 0 Å². The first kappa shape index (κ1) is 4.18. The van der Waals surface area contributed by atoms with Gasteiger partial charge in [-0.2, -0.15) is 5.43 Å². The summed E-state index contributed by atoms with van der Waals surface area (Å²) in [5, 5.41) is 10.2. The van der Waals surface area contributed by atoms with Crippen molar-refractivity contribution in [2.75, 3.05) is 6.54 Å². The Morgan fingerprint density at radius 3 is 2.86 bits per heavy atom. The molecule has 0 spiro atoms. The van der Waals surface area contributed by atoms with Crippen molar-refractivity contribution >= 4 is 6.21 Å². The highest BCUT2D eigenvalue weighted by Crippen LogP contribution is 1.73. The van der Waals surface area contributed by atoms with Crippen molar-refractivity contribution in [3.63, 3.8) is 0 Å².